The van der Waals surface area contributed by atoms with Gasteiger partial charge in [-0.15, -0.1) is 13.2 Å². The monoisotopic (exact) mass is 479 g/mol. The molecule has 2 aromatic carbocycles. The van der Waals surface area contributed by atoms with Gasteiger partial charge in [-0.2, -0.15) is 9.78 Å². The van der Waals surface area contributed by atoms with Crippen molar-refractivity contribution in [1.29, 1.82) is 0 Å². The van der Waals surface area contributed by atoms with Crippen LogP contribution in [0.25, 0.3) is 16.9 Å². The Morgan fingerprint density at radius 1 is 1.15 bits per heavy atom. The topological polar surface area (TPSA) is 93.4 Å². The number of amides is 1. The van der Waals surface area contributed by atoms with E-state index in [0.717, 1.165) is 22.9 Å². The summed E-state index contributed by atoms with van der Waals surface area (Å²) < 4.78 is 55.8. The predicted octanol–water partition coefficient (Wildman–Crippen LogP) is 3.68. The third kappa shape index (κ3) is 5.98. The van der Waals surface area contributed by atoms with Crippen LogP contribution >= 0.6 is 0 Å². The van der Waals surface area contributed by atoms with Crippen LogP contribution in [0.5, 0.6) is 5.75 Å². The molecule has 1 atom stereocenters. The van der Waals surface area contributed by atoms with E-state index in [4.69, 9.17) is 0 Å². The van der Waals surface area contributed by atoms with E-state index in [1.807, 2.05) is 0 Å². The van der Waals surface area contributed by atoms with Gasteiger partial charge in [-0.25, -0.2) is 4.39 Å². The number of nitrogens with zero attached hydrogens (tertiary/aromatic N) is 2. The molecule has 0 fully saturated rings. The lowest BCUT2D eigenvalue weighted by atomic mass is 10.0. The molecule has 0 saturated heterocycles. The highest BCUT2D eigenvalue weighted by Crippen LogP contribution is 2.26. The van der Waals surface area contributed by atoms with Crippen molar-refractivity contribution in [2.24, 2.45) is 5.92 Å². The smallest absolute Gasteiger partial charge is 0.406 e. The summed E-state index contributed by atoms with van der Waals surface area (Å²) in [4.78, 5) is 26.0. The highest BCUT2D eigenvalue weighted by Gasteiger charge is 2.31. The zero-order chi connectivity index (χ0) is 25.0. The summed E-state index contributed by atoms with van der Waals surface area (Å²) in [5, 5.41) is 16.3. The minimum atomic E-state index is -4.87. The number of nitrogens with one attached hydrogen (secondary N) is 1. The lowest BCUT2D eigenvalue weighted by Gasteiger charge is -2.20. The Morgan fingerprint density at radius 2 is 1.82 bits per heavy atom. The van der Waals surface area contributed by atoms with E-state index >= 15 is 0 Å². The molecule has 0 saturated carbocycles. The van der Waals surface area contributed by atoms with Crippen LogP contribution in [0.2, 0.25) is 0 Å². The molecule has 1 unspecified atom stereocenters. The molecule has 1 aromatic heterocycles. The van der Waals surface area contributed by atoms with Gasteiger partial charge in [0.15, 0.2) is 0 Å². The third-order valence-electron chi connectivity index (χ3n) is 4.91. The standard InChI is InChI=1S/C23H21F4N3O4/c1-13(2)20(12-31)28-21(32)18-11-19(14-6-8-17(9-7-14)34-23(25,26)27)29-30(22(18)33)16-5-3-4-15(24)10-16/h3-11,13,20,31H,12H2,1-2H3,(H,28,32). The Morgan fingerprint density at radius 3 is 2.38 bits per heavy atom. The van der Waals surface area contributed by atoms with Crippen LogP contribution in [0.1, 0.15) is 24.2 Å². The molecule has 34 heavy (non-hydrogen) atoms. The van der Waals surface area contributed by atoms with Gasteiger partial charge in [-0.05, 0) is 54.4 Å². The molecule has 0 aliphatic rings. The Kier molecular flexibility index (Phi) is 7.35. The highest BCUT2D eigenvalue weighted by atomic mass is 19.4. The van der Waals surface area contributed by atoms with E-state index in [1.165, 1.54) is 36.4 Å². The predicted molar refractivity (Wildman–Crippen MR) is 115 cm³/mol. The number of hydrogen-bond donors (Lipinski definition) is 2. The van der Waals surface area contributed by atoms with Crippen molar-refractivity contribution >= 4 is 5.91 Å². The number of benzene rings is 2. The van der Waals surface area contributed by atoms with Crippen molar-refractivity contribution in [1.82, 2.24) is 15.1 Å². The van der Waals surface area contributed by atoms with Gasteiger partial charge >= 0.3 is 6.36 Å². The molecular weight excluding hydrogens is 458 g/mol. The number of alkyl halides is 3. The summed E-state index contributed by atoms with van der Waals surface area (Å²) in [5.74, 6) is -2.03. The van der Waals surface area contributed by atoms with Crippen LogP contribution in [-0.2, 0) is 0 Å². The summed E-state index contributed by atoms with van der Waals surface area (Å²) in [6.45, 7) is 3.18. The molecule has 1 heterocycles. The van der Waals surface area contributed by atoms with Crippen LogP contribution in [0.4, 0.5) is 17.6 Å². The second kappa shape index (κ2) is 10.0. The summed E-state index contributed by atoms with van der Waals surface area (Å²) >= 11 is 0. The van der Waals surface area contributed by atoms with Crippen LogP contribution in [0, 0.1) is 11.7 Å². The van der Waals surface area contributed by atoms with E-state index in [1.54, 1.807) is 13.8 Å². The largest absolute Gasteiger partial charge is 0.573 e. The average molecular weight is 479 g/mol. The van der Waals surface area contributed by atoms with Crippen LogP contribution < -0.4 is 15.6 Å². The molecule has 0 aliphatic heterocycles. The van der Waals surface area contributed by atoms with Gasteiger partial charge in [-0.3, -0.25) is 9.59 Å². The Bertz CT molecular complexity index is 1220. The first kappa shape index (κ1) is 24.9. The van der Waals surface area contributed by atoms with E-state index in [-0.39, 0.29) is 35.0 Å². The molecule has 3 rings (SSSR count). The number of halogens is 4. The van der Waals surface area contributed by atoms with Gasteiger partial charge in [0.2, 0.25) is 0 Å². The van der Waals surface area contributed by atoms with Crippen LogP contribution in [-0.4, -0.2) is 39.8 Å². The number of aliphatic hydroxyl groups excluding tert-OH is 1. The highest BCUT2D eigenvalue weighted by molar-refractivity contribution is 5.95. The van der Waals surface area contributed by atoms with Gasteiger partial charge in [0, 0.05) is 5.56 Å². The zero-order valence-corrected chi connectivity index (χ0v) is 18.1. The SMILES string of the molecule is CC(C)C(CO)NC(=O)c1cc(-c2ccc(OC(F)(F)F)cc2)nn(-c2cccc(F)c2)c1=O. The van der Waals surface area contributed by atoms with E-state index in [2.05, 4.69) is 15.2 Å². The molecule has 11 heteroatoms. The van der Waals surface area contributed by atoms with E-state index < -0.39 is 35.4 Å². The second-order valence-corrected chi connectivity index (χ2v) is 7.72. The summed E-state index contributed by atoms with van der Waals surface area (Å²) in [5.41, 5.74) is -0.803. The lowest BCUT2D eigenvalue weighted by Crippen LogP contribution is -2.43. The molecule has 2 N–H and O–H groups in total. The first-order chi connectivity index (χ1) is 16.0. The van der Waals surface area contributed by atoms with Crippen molar-refractivity contribution in [3.8, 4) is 22.7 Å². The maximum Gasteiger partial charge on any atom is 0.573 e. The van der Waals surface area contributed by atoms with E-state index in [0.29, 0.717) is 0 Å². The van der Waals surface area contributed by atoms with Gasteiger partial charge in [0.1, 0.15) is 17.1 Å². The Labute approximate surface area is 191 Å². The molecule has 0 aliphatic carbocycles. The molecular formula is C23H21F4N3O4. The molecule has 1 amide bonds. The van der Waals surface area contributed by atoms with Crippen molar-refractivity contribution in [3.63, 3.8) is 0 Å². The van der Waals surface area contributed by atoms with Gasteiger partial charge < -0.3 is 15.2 Å². The van der Waals surface area contributed by atoms with Crippen molar-refractivity contribution in [2.75, 3.05) is 6.61 Å². The van der Waals surface area contributed by atoms with Crippen molar-refractivity contribution in [3.05, 3.63) is 76.3 Å². The third-order valence-corrected chi connectivity index (χ3v) is 4.91. The number of carbonyl (C=O) groups excluding carboxylic acids is 1. The number of aliphatic hydroxyl groups is 1. The first-order valence-electron chi connectivity index (χ1n) is 10.2. The van der Waals surface area contributed by atoms with Gasteiger partial charge in [0.05, 0.1) is 24.0 Å². The Hall–Kier alpha value is -3.73. The normalized spacial score (nSPS) is 12.5. The van der Waals surface area contributed by atoms with Gasteiger partial charge in [0.25, 0.3) is 11.5 Å². The minimum Gasteiger partial charge on any atom is -0.406 e. The number of rotatable bonds is 7. The van der Waals surface area contributed by atoms with Gasteiger partial charge in [-0.1, -0.05) is 19.9 Å². The van der Waals surface area contributed by atoms with Crippen molar-refractivity contribution < 1.29 is 32.2 Å². The molecule has 0 radical (unpaired) electrons. The van der Waals surface area contributed by atoms with Crippen LogP contribution in [0.3, 0.4) is 0 Å². The fraction of sp³-hybridized carbons (Fsp3) is 0.261. The maximum atomic E-state index is 13.8. The molecule has 0 bridgehead atoms. The Balaban J connectivity index is 2.11. The molecule has 180 valence electrons. The minimum absolute atomic E-state index is 0.0421. The van der Waals surface area contributed by atoms with Crippen molar-refractivity contribution in [2.45, 2.75) is 26.3 Å². The van der Waals surface area contributed by atoms with Crippen LogP contribution in [0.15, 0.2) is 59.4 Å². The summed E-state index contributed by atoms with van der Waals surface area (Å²) in [6.07, 6.45) is -4.87. The fourth-order valence-electron chi connectivity index (χ4n) is 3.08. The lowest BCUT2D eigenvalue weighted by molar-refractivity contribution is -0.274. The summed E-state index contributed by atoms with van der Waals surface area (Å²) in [7, 11) is 0. The first-order valence-corrected chi connectivity index (χ1v) is 10.2. The zero-order valence-electron chi connectivity index (χ0n) is 18.1. The molecule has 0 spiro atoms. The quantitative estimate of drug-likeness (QED) is 0.505. The summed E-state index contributed by atoms with van der Waals surface area (Å²) in [6, 6.07) is 10.2. The number of carbonyl (C=O) groups is 1. The number of aromatic nitrogens is 2. The van der Waals surface area contributed by atoms with E-state index in [9.17, 15) is 32.3 Å². The molecule has 7 nitrogen and oxygen atoms in total. The second-order valence-electron chi connectivity index (χ2n) is 7.72. The fourth-order valence-corrected chi connectivity index (χ4v) is 3.08. The number of ether oxygens (including phenoxy) is 1. The maximum absolute atomic E-state index is 13.8. The number of hydrogen-bond acceptors (Lipinski definition) is 5. The molecule has 3 aromatic rings. The average Bonchev–Trinajstić information content (AvgIpc) is 2.76.